The molecule has 0 saturated carbocycles. The minimum Gasteiger partial charge on any atom is -0.351 e. The third kappa shape index (κ3) is 4.11. The molecule has 1 aliphatic rings. The average Bonchev–Trinajstić information content (AvgIpc) is 3.36. The van der Waals surface area contributed by atoms with Gasteiger partial charge in [-0.05, 0) is 104 Å². The summed E-state index contributed by atoms with van der Waals surface area (Å²) in [6.07, 6.45) is 1.86. The summed E-state index contributed by atoms with van der Waals surface area (Å²) < 4.78 is 2.38. The van der Waals surface area contributed by atoms with Crippen LogP contribution in [0.3, 0.4) is 0 Å². The van der Waals surface area contributed by atoms with Crippen LogP contribution >= 0.6 is 12.2 Å². The van der Waals surface area contributed by atoms with E-state index in [0.29, 0.717) is 5.92 Å². The number of aromatic nitrogens is 2. The highest BCUT2D eigenvalue weighted by atomic mass is 32.1. The quantitative estimate of drug-likeness (QED) is 0.293. The fourth-order valence-corrected chi connectivity index (χ4v) is 5.75. The highest BCUT2D eigenvalue weighted by molar-refractivity contribution is 7.80. The Morgan fingerprint density at radius 2 is 1.67 bits per heavy atom. The maximum atomic E-state index is 5.96. The lowest BCUT2D eigenvalue weighted by Gasteiger charge is -2.28. The summed E-state index contributed by atoms with van der Waals surface area (Å²) in [5, 5.41) is 4.33. The zero-order chi connectivity index (χ0) is 25.6. The third-order valence-electron chi connectivity index (χ3n) is 7.54. The lowest BCUT2D eigenvalue weighted by molar-refractivity contribution is 0.565. The Morgan fingerprint density at radius 1 is 0.917 bits per heavy atom. The third-order valence-corrected chi connectivity index (χ3v) is 7.86. The van der Waals surface area contributed by atoms with Crippen molar-refractivity contribution in [1.29, 1.82) is 0 Å². The number of benzene rings is 2. The first-order valence-electron chi connectivity index (χ1n) is 12.6. The van der Waals surface area contributed by atoms with Crippen molar-refractivity contribution < 1.29 is 0 Å². The van der Waals surface area contributed by atoms with Crippen LogP contribution in [0.1, 0.15) is 71.2 Å². The van der Waals surface area contributed by atoms with Gasteiger partial charge >= 0.3 is 0 Å². The second kappa shape index (κ2) is 9.55. The van der Waals surface area contributed by atoms with Gasteiger partial charge in [-0.15, -0.1) is 0 Å². The van der Waals surface area contributed by atoms with E-state index in [9.17, 15) is 0 Å². The maximum Gasteiger partial charge on any atom is 0.174 e. The Labute approximate surface area is 220 Å². The van der Waals surface area contributed by atoms with Gasteiger partial charge in [-0.1, -0.05) is 44.2 Å². The molecule has 2 aromatic carbocycles. The van der Waals surface area contributed by atoms with Crippen LogP contribution in [0, 0.1) is 27.7 Å². The first-order chi connectivity index (χ1) is 17.3. The number of anilines is 1. The van der Waals surface area contributed by atoms with Gasteiger partial charge in [-0.25, -0.2) is 0 Å². The van der Waals surface area contributed by atoms with E-state index in [4.69, 9.17) is 17.2 Å². The van der Waals surface area contributed by atoms with Crippen LogP contribution in [0.15, 0.2) is 72.9 Å². The number of nitrogens with zero attached hydrogens (tertiary/aromatic N) is 3. The molecule has 0 bridgehead atoms. The molecule has 0 amide bonds. The molecule has 1 aliphatic heterocycles. The largest absolute Gasteiger partial charge is 0.351 e. The van der Waals surface area contributed by atoms with E-state index in [1.54, 1.807) is 0 Å². The van der Waals surface area contributed by atoms with Crippen LogP contribution in [-0.2, 0) is 0 Å². The summed E-state index contributed by atoms with van der Waals surface area (Å²) in [5.74, 6) is 0.483. The zero-order valence-electron chi connectivity index (χ0n) is 21.9. The van der Waals surface area contributed by atoms with Gasteiger partial charge in [0.25, 0.3) is 0 Å². The minimum atomic E-state index is -0.0592. The molecule has 184 valence electrons. The smallest absolute Gasteiger partial charge is 0.174 e. The second-order valence-corrected chi connectivity index (χ2v) is 10.5. The SMILES string of the molecule is Cc1cccc(-n2c(C)cc([C@H]3[C@H](c4ccccn4)NC(=S)N3c3ccc(C(C)C)cc3)c2C)c1C. The second-order valence-electron chi connectivity index (χ2n) is 10.1. The van der Waals surface area contributed by atoms with Crippen molar-refractivity contribution in [3.8, 4) is 5.69 Å². The molecule has 1 fully saturated rings. The van der Waals surface area contributed by atoms with Crippen LogP contribution in [-0.4, -0.2) is 14.7 Å². The summed E-state index contributed by atoms with van der Waals surface area (Å²) in [4.78, 5) is 7.00. The van der Waals surface area contributed by atoms with Crippen LogP contribution in [0.25, 0.3) is 5.69 Å². The predicted molar refractivity (Wildman–Crippen MR) is 153 cm³/mol. The summed E-state index contributed by atoms with van der Waals surface area (Å²) in [7, 11) is 0. The number of hydrogen-bond acceptors (Lipinski definition) is 2. The van der Waals surface area contributed by atoms with Crippen molar-refractivity contribution in [2.75, 3.05) is 4.90 Å². The van der Waals surface area contributed by atoms with E-state index in [1.807, 2.05) is 18.3 Å². The summed E-state index contributed by atoms with van der Waals surface area (Å²) in [6.45, 7) is 13.2. The summed E-state index contributed by atoms with van der Waals surface area (Å²) in [5.41, 5.74) is 10.9. The van der Waals surface area contributed by atoms with Gasteiger partial charge in [0.05, 0.1) is 17.8 Å². The summed E-state index contributed by atoms with van der Waals surface area (Å²) in [6, 6.07) is 23.7. The molecule has 4 nitrogen and oxygen atoms in total. The van der Waals surface area contributed by atoms with E-state index in [0.717, 1.165) is 16.5 Å². The predicted octanol–water partition coefficient (Wildman–Crippen LogP) is 7.41. The molecule has 5 heteroatoms. The van der Waals surface area contributed by atoms with Crippen molar-refractivity contribution in [1.82, 2.24) is 14.9 Å². The first kappa shape index (κ1) is 24.3. The monoisotopic (exact) mass is 494 g/mol. The van der Waals surface area contributed by atoms with Gasteiger partial charge in [-0.3, -0.25) is 4.98 Å². The van der Waals surface area contributed by atoms with Crippen LogP contribution < -0.4 is 10.2 Å². The van der Waals surface area contributed by atoms with Gasteiger partial charge in [0, 0.05) is 29.0 Å². The molecule has 1 N–H and O–H groups in total. The topological polar surface area (TPSA) is 33.1 Å². The molecule has 3 heterocycles. The fraction of sp³-hybridized carbons (Fsp3) is 0.290. The Bertz CT molecular complexity index is 1400. The van der Waals surface area contributed by atoms with Gasteiger partial charge in [-0.2, -0.15) is 0 Å². The van der Waals surface area contributed by atoms with E-state index >= 15 is 0 Å². The van der Waals surface area contributed by atoms with E-state index < -0.39 is 0 Å². The number of nitrogens with one attached hydrogen (secondary N) is 1. The Kier molecular flexibility index (Phi) is 6.44. The van der Waals surface area contributed by atoms with E-state index in [2.05, 4.69) is 111 Å². The molecule has 2 atom stereocenters. The van der Waals surface area contributed by atoms with Gasteiger partial charge in [0.15, 0.2) is 5.11 Å². The lowest BCUT2D eigenvalue weighted by Crippen LogP contribution is -2.29. The highest BCUT2D eigenvalue weighted by Crippen LogP contribution is 2.44. The van der Waals surface area contributed by atoms with Gasteiger partial charge in [0.2, 0.25) is 0 Å². The molecule has 5 rings (SSSR count). The maximum absolute atomic E-state index is 5.96. The molecule has 0 spiro atoms. The number of hydrogen-bond donors (Lipinski definition) is 1. The molecule has 1 saturated heterocycles. The first-order valence-corrected chi connectivity index (χ1v) is 13.0. The van der Waals surface area contributed by atoms with E-state index in [-0.39, 0.29) is 12.1 Å². The molecule has 0 aliphatic carbocycles. The van der Waals surface area contributed by atoms with Crippen molar-refractivity contribution in [2.24, 2.45) is 0 Å². The molecule has 0 radical (unpaired) electrons. The highest BCUT2D eigenvalue weighted by Gasteiger charge is 2.42. The van der Waals surface area contributed by atoms with Gasteiger partial charge in [0.1, 0.15) is 0 Å². The zero-order valence-corrected chi connectivity index (χ0v) is 22.7. The molecule has 4 aromatic rings. The van der Waals surface area contributed by atoms with Gasteiger partial charge < -0.3 is 14.8 Å². The van der Waals surface area contributed by atoms with Crippen molar-refractivity contribution in [2.45, 2.75) is 59.5 Å². The normalized spacial score (nSPS) is 17.6. The Hall–Kier alpha value is -3.44. The molecular formula is C31H34N4S. The van der Waals surface area contributed by atoms with Crippen molar-refractivity contribution in [3.63, 3.8) is 0 Å². The van der Waals surface area contributed by atoms with Crippen molar-refractivity contribution >= 4 is 23.0 Å². The van der Waals surface area contributed by atoms with Crippen LogP contribution in [0.2, 0.25) is 0 Å². The molecule has 0 unspecified atom stereocenters. The Morgan fingerprint density at radius 3 is 2.33 bits per heavy atom. The molecular weight excluding hydrogens is 460 g/mol. The van der Waals surface area contributed by atoms with Crippen LogP contribution in [0.4, 0.5) is 5.69 Å². The number of thiocarbonyl (C=S) groups is 1. The number of aryl methyl sites for hydroxylation is 2. The Balaban J connectivity index is 1.68. The molecule has 36 heavy (non-hydrogen) atoms. The molecule has 2 aromatic heterocycles. The number of rotatable bonds is 5. The lowest BCUT2D eigenvalue weighted by atomic mass is 9.96. The summed E-state index contributed by atoms with van der Waals surface area (Å²) >= 11 is 5.96. The van der Waals surface area contributed by atoms with Crippen molar-refractivity contribution in [3.05, 3.63) is 112 Å². The van der Waals surface area contributed by atoms with E-state index in [1.165, 1.54) is 39.3 Å². The fourth-order valence-electron chi connectivity index (χ4n) is 5.40. The average molecular weight is 495 g/mol. The minimum absolute atomic E-state index is 0.0256. The number of pyridine rings is 1. The standard InChI is InChI=1S/C31H34N4S/c1-19(2)24-13-15-25(16-14-24)35-30(29(33-31(35)36)27-11-7-8-17-32-27)26-18-21(4)34(23(26)6)28-12-9-10-20(3)22(28)5/h7-19,29-30H,1-6H3,(H,33,36)/t29-,30-/m0/s1. The van der Waals surface area contributed by atoms with Crippen LogP contribution in [0.5, 0.6) is 0 Å².